The van der Waals surface area contributed by atoms with Crippen molar-refractivity contribution in [3.05, 3.63) is 64.7 Å². The Morgan fingerprint density at radius 3 is 2.42 bits per heavy atom. The van der Waals surface area contributed by atoms with Gasteiger partial charge in [-0.25, -0.2) is 0 Å². The third-order valence-corrected chi connectivity index (χ3v) is 6.92. The summed E-state index contributed by atoms with van der Waals surface area (Å²) in [5, 5.41) is 43.4. The minimum Gasteiger partial charge on any atom is -0.494 e. The summed E-state index contributed by atoms with van der Waals surface area (Å²) in [6.45, 7) is 5.96. The van der Waals surface area contributed by atoms with Gasteiger partial charge in [-0.1, -0.05) is 24.3 Å². The fourth-order valence-corrected chi connectivity index (χ4v) is 4.74. The monoisotopic (exact) mass is 460 g/mol. The van der Waals surface area contributed by atoms with E-state index in [9.17, 15) is 20.4 Å². The maximum absolute atomic E-state index is 11.1. The minimum absolute atomic E-state index is 0.0814. The van der Waals surface area contributed by atoms with Gasteiger partial charge >= 0.3 is 0 Å². The lowest BCUT2D eigenvalue weighted by Crippen LogP contribution is -2.67. The number of hydrogen-bond acceptors (Lipinski definition) is 8. The van der Waals surface area contributed by atoms with Crippen molar-refractivity contribution in [3.8, 4) is 5.75 Å². The molecule has 0 spiro atoms. The molecule has 2 bridgehead atoms. The third-order valence-electron chi connectivity index (χ3n) is 6.92. The zero-order chi connectivity index (χ0) is 24.0. The summed E-state index contributed by atoms with van der Waals surface area (Å²) in [4.78, 5) is 0. The molecule has 0 saturated carbocycles. The molecule has 2 aliphatic rings. The Bertz CT molecular complexity index is 979. The number of aryl methyl sites for hydroxylation is 1. The molecule has 0 aliphatic carbocycles. The van der Waals surface area contributed by atoms with Gasteiger partial charge < -0.3 is 39.4 Å². The Kier molecular flexibility index (Phi) is 6.54. The van der Waals surface area contributed by atoms with Gasteiger partial charge in [-0.2, -0.15) is 0 Å². The van der Waals surface area contributed by atoms with Gasteiger partial charge in [0.2, 0.25) is 5.79 Å². The first-order chi connectivity index (χ1) is 15.7. The zero-order valence-electron chi connectivity index (χ0n) is 19.3. The Morgan fingerprint density at radius 2 is 1.79 bits per heavy atom. The van der Waals surface area contributed by atoms with Gasteiger partial charge in [-0.15, -0.1) is 0 Å². The Balaban J connectivity index is 1.72. The molecular weight excluding hydrogens is 428 g/mol. The van der Waals surface area contributed by atoms with E-state index in [1.54, 1.807) is 49.4 Å². The molecule has 0 aromatic heterocycles. The van der Waals surface area contributed by atoms with Crippen LogP contribution in [0, 0.1) is 6.92 Å². The van der Waals surface area contributed by atoms with Crippen LogP contribution in [0.15, 0.2) is 42.5 Å². The first-order valence-electron chi connectivity index (χ1n) is 11.1. The molecule has 2 fully saturated rings. The standard InChI is InChI=1S/C25H32O8/c1-5-31-18-10-7-16(8-11-18)20(26)19-12-17(9-6-14(19)2)25-23(29)21(27)22(28)24(33-25,13-32-25)15(3)30-4/h6-12,15,20-23,26-29H,5,13H2,1-4H3/t15?,20?,21-,22-,23+,24+,25-/m0/s1. The zero-order valence-corrected chi connectivity index (χ0v) is 19.3. The summed E-state index contributed by atoms with van der Waals surface area (Å²) < 4.78 is 23.1. The topological polar surface area (TPSA) is 118 Å². The highest BCUT2D eigenvalue weighted by atomic mass is 16.8. The van der Waals surface area contributed by atoms with Gasteiger partial charge in [0.1, 0.15) is 35.8 Å². The van der Waals surface area contributed by atoms with Crippen molar-refractivity contribution >= 4 is 0 Å². The van der Waals surface area contributed by atoms with E-state index in [4.69, 9.17) is 18.9 Å². The molecule has 2 saturated heterocycles. The molecule has 0 amide bonds. The van der Waals surface area contributed by atoms with Crippen LogP contribution in [0.2, 0.25) is 0 Å². The van der Waals surface area contributed by atoms with Gasteiger partial charge in [-0.3, -0.25) is 0 Å². The maximum Gasteiger partial charge on any atom is 0.225 e. The van der Waals surface area contributed by atoms with Gasteiger partial charge in [0, 0.05) is 12.7 Å². The van der Waals surface area contributed by atoms with Crippen LogP contribution in [0.5, 0.6) is 5.75 Å². The highest BCUT2D eigenvalue weighted by Gasteiger charge is 2.69. The first-order valence-corrected chi connectivity index (χ1v) is 11.1. The summed E-state index contributed by atoms with van der Waals surface area (Å²) in [7, 11) is 1.48. The number of fused-ring (bicyclic) bond motifs is 2. The van der Waals surface area contributed by atoms with Crippen molar-refractivity contribution in [2.75, 3.05) is 20.3 Å². The summed E-state index contributed by atoms with van der Waals surface area (Å²) in [5.41, 5.74) is 1.18. The summed E-state index contributed by atoms with van der Waals surface area (Å²) in [6, 6.07) is 12.4. The van der Waals surface area contributed by atoms with E-state index in [0.29, 0.717) is 29.0 Å². The lowest BCUT2D eigenvalue weighted by molar-refractivity contribution is -0.338. The number of benzene rings is 2. The van der Waals surface area contributed by atoms with E-state index in [2.05, 4.69) is 0 Å². The number of hydrogen-bond donors (Lipinski definition) is 4. The molecular formula is C25H32O8. The van der Waals surface area contributed by atoms with E-state index in [1.807, 2.05) is 13.8 Å². The second-order valence-electron chi connectivity index (χ2n) is 8.75. The van der Waals surface area contributed by atoms with Crippen LogP contribution in [0.3, 0.4) is 0 Å². The second kappa shape index (κ2) is 8.96. The van der Waals surface area contributed by atoms with Crippen LogP contribution in [-0.2, 0) is 20.0 Å². The number of ether oxygens (including phenoxy) is 4. The second-order valence-corrected chi connectivity index (χ2v) is 8.75. The molecule has 8 heteroatoms. The SMILES string of the molecule is CCOc1ccc(C(O)c2cc([C@]34OC[C@](C(C)OC)(O3)[C@@H](O)[C@H](O)[C@H]4O)ccc2C)cc1. The van der Waals surface area contributed by atoms with Crippen molar-refractivity contribution in [3.63, 3.8) is 0 Å². The van der Waals surface area contributed by atoms with Crippen LogP contribution in [0.4, 0.5) is 0 Å². The lowest BCUT2D eigenvalue weighted by atomic mass is 9.80. The number of aliphatic hydroxyl groups is 4. The van der Waals surface area contributed by atoms with Crippen LogP contribution in [0.25, 0.3) is 0 Å². The van der Waals surface area contributed by atoms with Crippen molar-refractivity contribution in [2.24, 2.45) is 0 Å². The molecule has 4 N–H and O–H groups in total. The van der Waals surface area contributed by atoms with Crippen molar-refractivity contribution in [1.29, 1.82) is 0 Å². The highest BCUT2D eigenvalue weighted by molar-refractivity contribution is 5.42. The van der Waals surface area contributed by atoms with Gasteiger partial charge in [0.15, 0.2) is 0 Å². The molecule has 33 heavy (non-hydrogen) atoms. The molecule has 180 valence electrons. The number of aliphatic hydroxyl groups excluding tert-OH is 4. The largest absolute Gasteiger partial charge is 0.494 e. The molecule has 7 atom stereocenters. The van der Waals surface area contributed by atoms with Crippen molar-refractivity contribution in [1.82, 2.24) is 0 Å². The summed E-state index contributed by atoms with van der Waals surface area (Å²) >= 11 is 0. The number of methoxy groups -OCH3 is 1. The number of rotatable bonds is 7. The average molecular weight is 461 g/mol. The fraction of sp³-hybridized carbons (Fsp3) is 0.520. The predicted octanol–water partition coefficient (Wildman–Crippen LogP) is 1.55. The van der Waals surface area contributed by atoms with E-state index in [1.165, 1.54) is 7.11 Å². The predicted molar refractivity (Wildman–Crippen MR) is 119 cm³/mol. The van der Waals surface area contributed by atoms with Crippen molar-refractivity contribution in [2.45, 2.75) is 62.7 Å². The van der Waals surface area contributed by atoms with E-state index in [0.717, 1.165) is 5.56 Å². The van der Waals surface area contributed by atoms with E-state index >= 15 is 0 Å². The molecule has 2 aliphatic heterocycles. The van der Waals surface area contributed by atoms with Crippen LogP contribution in [0.1, 0.15) is 42.2 Å². The molecule has 2 aromatic rings. The summed E-state index contributed by atoms with van der Waals surface area (Å²) in [6.07, 6.45) is -6.03. The Morgan fingerprint density at radius 1 is 1.09 bits per heavy atom. The average Bonchev–Trinajstić information content (AvgIpc) is 3.22. The Hall–Kier alpha value is -2.04. The Labute approximate surface area is 193 Å². The molecule has 2 aromatic carbocycles. The van der Waals surface area contributed by atoms with Crippen molar-refractivity contribution < 1.29 is 39.4 Å². The molecule has 0 radical (unpaired) electrons. The molecule has 8 nitrogen and oxygen atoms in total. The summed E-state index contributed by atoms with van der Waals surface area (Å²) in [5.74, 6) is -1.00. The molecule has 4 rings (SSSR count). The highest BCUT2D eigenvalue weighted by Crippen LogP contribution is 2.51. The van der Waals surface area contributed by atoms with E-state index < -0.39 is 41.9 Å². The van der Waals surface area contributed by atoms with Crippen LogP contribution >= 0.6 is 0 Å². The third kappa shape index (κ3) is 3.76. The lowest BCUT2D eigenvalue weighted by Gasteiger charge is -2.48. The minimum atomic E-state index is -1.72. The van der Waals surface area contributed by atoms with E-state index in [-0.39, 0.29) is 6.61 Å². The maximum atomic E-state index is 11.1. The molecule has 2 heterocycles. The fourth-order valence-electron chi connectivity index (χ4n) is 4.74. The van der Waals surface area contributed by atoms with Crippen LogP contribution in [-0.4, -0.2) is 70.8 Å². The van der Waals surface area contributed by atoms with Gasteiger partial charge in [0.05, 0.1) is 19.3 Å². The molecule has 2 unspecified atom stereocenters. The normalized spacial score (nSPS) is 33.0. The van der Waals surface area contributed by atoms with Crippen LogP contribution < -0.4 is 4.74 Å². The van der Waals surface area contributed by atoms with Gasteiger partial charge in [0.25, 0.3) is 0 Å². The quantitative estimate of drug-likeness (QED) is 0.492. The van der Waals surface area contributed by atoms with Gasteiger partial charge in [-0.05, 0) is 55.7 Å². The smallest absolute Gasteiger partial charge is 0.225 e. The first kappa shape index (κ1) is 24.1.